The minimum absolute atomic E-state index is 0.518. The molecule has 0 bridgehead atoms. The Kier molecular flexibility index (Phi) is 3.71. The van der Waals surface area contributed by atoms with Crippen LogP contribution in [0.15, 0.2) is 34.6 Å². The minimum atomic E-state index is 0.518. The number of hydrogen-bond acceptors (Lipinski definition) is 5. The molecule has 4 nitrogen and oxygen atoms in total. The summed E-state index contributed by atoms with van der Waals surface area (Å²) >= 11 is 1.46. The highest BCUT2D eigenvalue weighted by Gasteiger charge is 2.04. The van der Waals surface area contributed by atoms with Crippen molar-refractivity contribution in [2.75, 3.05) is 0 Å². The first-order chi connectivity index (χ1) is 8.17. The van der Waals surface area contributed by atoms with Gasteiger partial charge in [0.1, 0.15) is 5.03 Å². The second-order valence-electron chi connectivity index (χ2n) is 3.74. The molecule has 88 valence electrons. The Labute approximate surface area is 105 Å². The van der Waals surface area contributed by atoms with Crippen LogP contribution < -0.4 is 5.73 Å². The Balaban J connectivity index is 2.24. The van der Waals surface area contributed by atoms with Gasteiger partial charge >= 0.3 is 0 Å². The number of rotatable bonds is 3. The van der Waals surface area contributed by atoms with Crippen molar-refractivity contribution in [3.05, 3.63) is 41.3 Å². The maximum atomic E-state index is 5.59. The van der Waals surface area contributed by atoms with Gasteiger partial charge in [-0.05, 0) is 49.4 Å². The number of pyridine rings is 1. The van der Waals surface area contributed by atoms with E-state index in [1.54, 1.807) is 6.20 Å². The van der Waals surface area contributed by atoms with Crippen LogP contribution >= 0.6 is 11.8 Å². The summed E-state index contributed by atoms with van der Waals surface area (Å²) in [4.78, 5) is 13.0. The van der Waals surface area contributed by atoms with Gasteiger partial charge in [-0.15, -0.1) is 0 Å². The summed E-state index contributed by atoms with van der Waals surface area (Å²) in [6.07, 6.45) is 1.76. The molecule has 0 unspecified atom stereocenters. The maximum Gasteiger partial charge on any atom is 0.194 e. The van der Waals surface area contributed by atoms with E-state index < -0.39 is 0 Å². The lowest BCUT2D eigenvalue weighted by molar-refractivity contribution is 0.897. The third kappa shape index (κ3) is 3.25. The molecule has 0 aliphatic rings. The maximum absolute atomic E-state index is 5.59. The second-order valence-corrected chi connectivity index (χ2v) is 4.73. The molecule has 0 aliphatic heterocycles. The van der Waals surface area contributed by atoms with Gasteiger partial charge in [0.05, 0.1) is 0 Å². The monoisotopic (exact) mass is 246 g/mol. The average Bonchev–Trinajstić information content (AvgIpc) is 2.28. The van der Waals surface area contributed by atoms with Crippen molar-refractivity contribution in [1.82, 2.24) is 15.0 Å². The molecule has 0 radical (unpaired) electrons. The Morgan fingerprint density at radius 3 is 2.53 bits per heavy atom. The summed E-state index contributed by atoms with van der Waals surface area (Å²) < 4.78 is 0. The molecule has 2 rings (SSSR count). The molecule has 2 aromatic heterocycles. The van der Waals surface area contributed by atoms with Crippen LogP contribution in [0.3, 0.4) is 0 Å². The van der Waals surface area contributed by atoms with Gasteiger partial charge in [0, 0.05) is 24.1 Å². The Morgan fingerprint density at radius 2 is 1.88 bits per heavy atom. The van der Waals surface area contributed by atoms with Crippen molar-refractivity contribution in [2.24, 2.45) is 5.73 Å². The molecule has 2 heterocycles. The van der Waals surface area contributed by atoms with Crippen LogP contribution in [0.1, 0.15) is 17.0 Å². The van der Waals surface area contributed by atoms with Crippen LogP contribution in [-0.2, 0) is 6.54 Å². The van der Waals surface area contributed by atoms with Crippen LogP contribution in [0.5, 0.6) is 0 Å². The van der Waals surface area contributed by atoms with Gasteiger partial charge in [0.2, 0.25) is 0 Å². The molecule has 2 aromatic rings. The molecule has 0 amide bonds. The SMILES string of the molecule is Cc1cc(C)nc(Sc2cc(CN)ccn2)n1. The standard InChI is InChI=1S/C12H14N4S/c1-8-5-9(2)16-12(15-8)17-11-6-10(7-13)3-4-14-11/h3-6H,7,13H2,1-2H3. The third-order valence-electron chi connectivity index (χ3n) is 2.19. The second kappa shape index (κ2) is 5.25. The predicted octanol–water partition coefficient (Wildman–Crippen LogP) is 2.10. The highest BCUT2D eigenvalue weighted by molar-refractivity contribution is 7.99. The van der Waals surface area contributed by atoms with E-state index in [1.807, 2.05) is 32.0 Å². The van der Waals surface area contributed by atoms with Crippen molar-refractivity contribution in [3.63, 3.8) is 0 Å². The van der Waals surface area contributed by atoms with E-state index in [9.17, 15) is 0 Å². The van der Waals surface area contributed by atoms with Gasteiger partial charge in [0.25, 0.3) is 0 Å². The zero-order chi connectivity index (χ0) is 12.3. The lowest BCUT2D eigenvalue weighted by atomic mass is 10.3. The van der Waals surface area contributed by atoms with Crippen molar-refractivity contribution < 1.29 is 0 Å². The Bertz CT molecular complexity index is 507. The zero-order valence-electron chi connectivity index (χ0n) is 9.84. The van der Waals surface area contributed by atoms with Crippen LogP contribution in [0.25, 0.3) is 0 Å². The number of hydrogen-bond donors (Lipinski definition) is 1. The van der Waals surface area contributed by atoms with Gasteiger partial charge in [-0.3, -0.25) is 0 Å². The fourth-order valence-corrected chi connectivity index (χ4v) is 2.36. The van der Waals surface area contributed by atoms with Gasteiger partial charge in [-0.1, -0.05) is 0 Å². The average molecular weight is 246 g/mol. The smallest absolute Gasteiger partial charge is 0.194 e. The number of nitrogens with two attached hydrogens (primary N) is 1. The van der Waals surface area contributed by atoms with E-state index in [1.165, 1.54) is 11.8 Å². The zero-order valence-corrected chi connectivity index (χ0v) is 10.7. The predicted molar refractivity (Wildman–Crippen MR) is 67.8 cm³/mol. The molecule has 17 heavy (non-hydrogen) atoms. The molecule has 0 aromatic carbocycles. The van der Waals surface area contributed by atoms with Gasteiger partial charge < -0.3 is 5.73 Å². The first kappa shape index (κ1) is 12.0. The highest BCUT2D eigenvalue weighted by Crippen LogP contribution is 2.23. The lowest BCUT2D eigenvalue weighted by Crippen LogP contribution is -1.97. The highest BCUT2D eigenvalue weighted by atomic mass is 32.2. The summed E-state index contributed by atoms with van der Waals surface area (Å²) in [7, 11) is 0. The van der Waals surface area contributed by atoms with E-state index in [2.05, 4.69) is 15.0 Å². The molecule has 0 saturated carbocycles. The lowest BCUT2D eigenvalue weighted by Gasteiger charge is -2.03. The van der Waals surface area contributed by atoms with Crippen LogP contribution in [-0.4, -0.2) is 15.0 Å². The van der Waals surface area contributed by atoms with Gasteiger partial charge in [-0.2, -0.15) is 0 Å². The van der Waals surface area contributed by atoms with Crippen LogP contribution in [0, 0.1) is 13.8 Å². The third-order valence-corrected chi connectivity index (χ3v) is 2.99. The number of aromatic nitrogens is 3. The van der Waals surface area contributed by atoms with Crippen molar-refractivity contribution in [2.45, 2.75) is 30.6 Å². The van der Waals surface area contributed by atoms with Gasteiger partial charge in [0.15, 0.2) is 5.16 Å². The topological polar surface area (TPSA) is 64.7 Å². The summed E-state index contributed by atoms with van der Waals surface area (Å²) in [5.74, 6) is 0. The molecule has 0 fully saturated rings. The summed E-state index contributed by atoms with van der Waals surface area (Å²) in [6, 6.07) is 5.83. The Hall–Kier alpha value is -1.46. The first-order valence-corrected chi connectivity index (χ1v) is 6.14. The summed E-state index contributed by atoms with van der Waals surface area (Å²) in [5, 5.41) is 1.60. The van der Waals surface area contributed by atoms with E-state index in [-0.39, 0.29) is 0 Å². The summed E-state index contributed by atoms with van der Waals surface area (Å²) in [6.45, 7) is 4.44. The van der Waals surface area contributed by atoms with Crippen molar-refractivity contribution in [3.8, 4) is 0 Å². The molecule has 0 saturated heterocycles. The molecular formula is C12H14N4S. The van der Waals surface area contributed by atoms with Crippen molar-refractivity contribution >= 4 is 11.8 Å². The van der Waals surface area contributed by atoms with Crippen molar-refractivity contribution in [1.29, 1.82) is 0 Å². The summed E-state index contributed by atoms with van der Waals surface area (Å²) in [5.41, 5.74) is 8.59. The van der Waals surface area contributed by atoms with Crippen LogP contribution in [0.4, 0.5) is 0 Å². The van der Waals surface area contributed by atoms with E-state index in [0.717, 1.165) is 27.1 Å². The largest absolute Gasteiger partial charge is 0.326 e. The molecule has 0 atom stereocenters. The fraction of sp³-hybridized carbons (Fsp3) is 0.250. The van der Waals surface area contributed by atoms with Crippen LogP contribution in [0.2, 0.25) is 0 Å². The Morgan fingerprint density at radius 1 is 1.18 bits per heavy atom. The molecular weight excluding hydrogens is 232 g/mol. The molecule has 0 aliphatic carbocycles. The normalized spacial score (nSPS) is 10.5. The van der Waals surface area contributed by atoms with E-state index in [4.69, 9.17) is 5.73 Å². The van der Waals surface area contributed by atoms with Gasteiger partial charge in [-0.25, -0.2) is 15.0 Å². The molecule has 0 spiro atoms. The molecule has 5 heteroatoms. The number of aryl methyl sites for hydroxylation is 2. The fourth-order valence-electron chi connectivity index (χ4n) is 1.47. The number of nitrogens with zero attached hydrogens (tertiary/aromatic N) is 3. The molecule has 2 N–H and O–H groups in total. The quantitative estimate of drug-likeness (QED) is 0.840. The van der Waals surface area contributed by atoms with E-state index in [0.29, 0.717) is 6.54 Å². The van der Waals surface area contributed by atoms with E-state index >= 15 is 0 Å². The first-order valence-electron chi connectivity index (χ1n) is 5.32. The minimum Gasteiger partial charge on any atom is -0.326 e.